The molecule has 1 fully saturated rings. The Hall–Kier alpha value is -1.27. The van der Waals surface area contributed by atoms with Crippen LogP contribution in [0.2, 0.25) is 0 Å². The van der Waals surface area contributed by atoms with Crippen LogP contribution in [0.5, 0.6) is 5.88 Å². The summed E-state index contributed by atoms with van der Waals surface area (Å²) in [5, 5.41) is 0. The number of rotatable bonds is 5. The van der Waals surface area contributed by atoms with E-state index >= 15 is 0 Å². The molecule has 0 aliphatic carbocycles. The van der Waals surface area contributed by atoms with Crippen LogP contribution in [0.3, 0.4) is 0 Å². The molecule has 0 bridgehead atoms. The van der Waals surface area contributed by atoms with Crippen LogP contribution in [-0.2, 0) is 0 Å². The van der Waals surface area contributed by atoms with Crippen LogP contribution in [0, 0.1) is 0 Å². The lowest BCUT2D eigenvalue weighted by molar-refractivity contribution is 0.180. The number of hydrogen-bond acceptors (Lipinski definition) is 5. The van der Waals surface area contributed by atoms with Crippen molar-refractivity contribution in [3.63, 3.8) is 0 Å². The zero-order valence-electron chi connectivity index (χ0n) is 10.3. The first-order valence-electron chi connectivity index (χ1n) is 6.23. The van der Waals surface area contributed by atoms with Crippen molar-refractivity contribution in [1.82, 2.24) is 14.9 Å². The van der Waals surface area contributed by atoms with Crippen LogP contribution in [-0.4, -0.2) is 46.1 Å². The van der Waals surface area contributed by atoms with Gasteiger partial charge in [0.1, 0.15) is 17.3 Å². The summed E-state index contributed by atoms with van der Waals surface area (Å²) < 4.78 is 5.57. The Morgan fingerprint density at radius 2 is 2.11 bits per heavy atom. The molecule has 1 aromatic rings. The summed E-state index contributed by atoms with van der Waals surface area (Å²) in [7, 11) is 0. The lowest BCUT2D eigenvalue weighted by atomic mass is 10.1. The van der Waals surface area contributed by atoms with E-state index in [0.29, 0.717) is 18.2 Å². The van der Waals surface area contributed by atoms with Crippen molar-refractivity contribution >= 4 is 17.2 Å². The summed E-state index contributed by atoms with van der Waals surface area (Å²) in [5.41, 5.74) is 5.99. The number of aromatic nitrogens is 2. The smallest absolute Gasteiger partial charge is 0.232 e. The molecule has 2 N–H and O–H groups in total. The predicted octanol–water partition coefficient (Wildman–Crippen LogP) is 0.976. The molecule has 98 valence electrons. The van der Waals surface area contributed by atoms with Gasteiger partial charge < -0.3 is 10.5 Å². The summed E-state index contributed by atoms with van der Waals surface area (Å²) in [6.45, 7) is 3.89. The molecule has 1 saturated heterocycles. The fourth-order valence-electron chi connectivity index (χ4n) is 2.00. The Bertz CT molecular complexity index is 407. The van der Waals surface area contributed by atoms with Crippen LogP contribution in [0.4, 0.5) is 0 Å². The second kappa shape index (κ2) is 6.61. The average Bonchev–Trinajstić information content (AvgIpc) is 2.40. The lowest BCUT2D eigenvalue weighted by Gasteiger charge is -2.25. The van der Waals surface area contributed by atoms with Gasteiger partial charge in [-0.3, -0.25) is 9.88 Å². The van der Waals surface area contributed by atoms with Gasteiger partial charge in [0, 0.05) is 6.54 Å². The Morgan fingerprint density at radius 3 is 2.83 bits per heavy atom. The Kier molecular flexibility index (Phi) is 4.83. The van der Waals surface area contributed by atoms with E-state index in [2.05, 4.69) is 14.9 Å². The molecule has 0 aromatic carbocycles. The first-order valence-corrected chi connectivity index (χ1v) is 6.63. The SMILES string of the molecule is NC(=S)c1cncc(OCCN2CCCCC2)n1. The summed E-state index contributed by atoms with van der Waals surface area (Å²) in [4.78, 5) is 10.8. The van der Waals surface area contributed by atoms with Crippen LogP contribution < -0.4 is 10.5 Å². The molecule has 1 aliphatic heterocycles. The molecule has 0 amide bonds. The third kappa shape index (κ3) is 3.89. The maximum Gasteiger partial charge on any atom is 0.232 e. The highest BCUT2D eigenvalue weighted by Crippen LogP contribution is 2.09. The summed E-state index contributed by atoms with van der Waals surface area (Å²) in [6.07, 6.45) is 7.05. The largest absolute Gasteiger partial charge is 0.475 e. The second-order valence-electron chi connectivity index (χ2n) is 4.36. The van der Waals surface area contributed by atoms with Crippen molar-refractivity contribution < 1.29 is 4.74 Å². The maximum absolute atomic E-state index is 5.57. The van der Waals surface area contributed by atoms with Crippen LogP contribution in [0.15, 0.2) is 12.4 Å². The summed E-state index contributed by atoms with van der Waals surface area (Å²) in [5.74, 6) is 0.484. The van der Waals surface area contributed by atoms with E-state index in [1.807, 2.05) is 0 Å². The van der Waals surface area contributed by atoms with Crippen molar-refractivity contribution in [2.75, 3.05) is 26.2 Å². The average molecular weight is 266 g/mol. The van der Waals surface area contributed by atoms with E-state index < -0.39 is 0 Å². The van der Waals surface area contributed by atoms with Gasteiger partial charge in [0.05, 0.1) is 12.4 Å². The van der Waals surface area contributed by atoms with E-state index in [9.17, 15) is 0 Å². The molecule has 5 nitrogen and oxygen atoms in total. The van der Waals surface area contributed by atoms with E-state index in [1.54, 1.807) is 12.4 Å². The van der Waals surface area contributed by atoms with Crippen molar-refractivity contribution in [2.45, 2.75) is 19.3 Å². The second-order valence-corrected chi connectivity index (χ2v) is 4.80. The Balaban J connectivity index is 1.78. The molecular weight excluding hydrogens is 248 g/mol. The van der Waals surface area contributed by atoms with Gasteiger partial charge in [0.2, 0.25) is 5.88 Å². The number of nitrogens with zero attached hydrogens (tertiary/aromatic N) is 3. The number of likely N-dealkylation sites (tertiary alicyclic amines) is 1. The van der Waals surface area contributed by atoms with Crippen LogP contribution in [0.1, 0.15) is 25.0 Å². The quantitative estimate of drug-likeness (QED) is 0.801. The minimum absolute atomic E-state index is 0.240. The molecule has 0 radical (unpaired) electrons. The van der Waals surface area contributed by atoms with Crippen LogP contribution in [0.25, 0.3) is 0 Å². The highest BCUT2D eigenvalue weighted by atomic mass is 32.1. The first kappa shape index (κ1) is 13.2. The van der Waals surface area contributed by atoms with Crippen molar-refractivity contribution in [1.29, 1.82) is 0 Å². The Morgan fingerprint density at radius 1 is 1.33 bits per heavy atom. The number of thiocarbonyl (C=S) groups is 1. The molecule has 0 atom stereocenters. The van der Waals surface area contributed by atoms with E-state index in [4.69, 9.17) is 22.7 Å². The maximum atomic E-state index is 5.57. The van der Waals surface area contributed by atoms with Gasteiger partial charge in [-0.1, -0.05) is 18.6 Å². The number of nitrogens with two attached hydrogens (primary N) is 1. The monoisotopic (exact) mass is 266 g/mol. The standard InChI is InChI=1S/C12H18N4OS/c13-12(18)10-8-14-9-11(15-10)17-7-6-16-4-2-1-3-5-16/h8-9H,1-7H2,(H2,13,18). The molecule has 0 saturated carbocycles. The van der Waals surface area contributed by atoms with Gasteiger partial charge in [0.15, 0.2) is 0 Å². The van der Waals surface area contributed by atoms with Gasteiger partial charge in [-0.2, -0.15) is 0 Å². The molecule has 0 unspecified atom stereocenters. The van der Waals surface area contributed by atoms with Gasteiger partial charge in [-0.05, 0) is 25.9 Å². The minimum Gasteiger partial charge on any atom is -0.475 e. The zero-order chi connectivity index (χ0) is 12.8. The zero-order valence-corrected chi connectivity index (χ0v) is 11.2. The van der Waals surface area contributed by atoms with Crippen molar-refractivity contribution in [3.8, 4) is 5.88 Å². The minimum atomic E-state index is 0.240. The predicted molar refractivity (Wildman–Crippen MR) is 73.7 cm³/mol. The van der Waals surface area contributed by atoms with Crippen LogP contribution >= 0.6 is 12.2 Å². The van der Waals surface area contributed by atoms with Crippen molar-refractivity contribution in [2.24, 2.45) is 5.73 Å². The summed E-state index contributed by atoms with van der Waals surface area (Å²) >= 11 is 4.85. The fraction of sp³-hybridized carbons (Fsp3) is 0.583. The van der Waals surface area contributed by atoms with Gasteiger partial charge in [-0.25, -0.2) is 4.98 Å². The van der Waals surface area contributed by atoms with E-state index in [-0.39, 0.29) is 4.99 Å². The number of ether oxygens (including phenoxy) is 1. The first-order chi connectivity index (χ1) is 8.75. The van der Waals surface area contributed by atoms with Gasteiger partial charge in [-0.15, -0.1) is 0 Å². The van der Waals surface area contributed by atoms with Gasteiger partial charge >= 0.3 is 0 Å². The Labute approximate surface area is 112 Å². The molecule has 2 heterocycles. The van der Waals surface area contributed by atoms with E-state index in [1.165, 1.54) is 32.4 Å². The molecular formula is C12H18N4OS. The molecule has 1 aliphatic rings. The van der Waals surface area contributed by atoms with E-state index in [0.717, 1.165) is 6.54 Å². The van der Waals surface area contributed by atoms with Crippen molar-refractivity contribution in [3.05, 3.63) is 18.1 Å². The highest BCUT2D eigenvalue weighted by Gasteiger charge is 2.10. The fourth-order valence-corrected chi connectivity index (χ4v) is 2.10. The molecule has 2 rings (SSSR count). The normalized spacial score (nSPS) is 16.4. The topological polar surface area (TPSA) is 64.3 Å². The number of hydrogen-bond donors (Lipinski definition) is 1. The molecule has 1 aromatic heterocycles. The lowest BCUT2D eigenvalue weighted by Crippen LogP contribution is -2.33. The number of piperidine rings is 1. The molecule has 0 spiro atoms. The highest BCUT2D eigenvalue weighted by molar-refractivity contribution is 7.80. The summed E-state index contributed by atoms with van der Waals surface area (Å²) in [6, 6.07) is 0. The third-order valence-electron chi connectivity index (χ3n) is 2.97. The molecule has 18 heavy (non-hydrogen) atoms. The molecule has 6 heteroatoms. The van der Waals surface area contributed by atoms with Gasteiger partial charge in [0.25, 0.3) is 0 Å². The third-order valence-corrected chi connectivity index (χ3v) is 3.18.